The third-order valence-electron chi connectivity index (χ3n) is 2.48. The molecule has 0 heterocycles. The zero-order valence-corrected chi connectivity index (χ0v) is 9.81. The van der Waals surface area contributed by atoms with E-state index in [9.17, 15) is 0 Å². The predicted molar refractivity (Wildman–Crippen MR) is 62.6 cm³/mol. The SMILES string of the molecule is CC(C)(C)C(N)Cc1ccc(Cl)cc1. The molecule has 0 saturated carbocycles. The van der Waals surface area contributed by atoms with E-state index >= 15 is 0 Å². The Morgan fingerprint density at radius 1 is 1.21 bits per heavy atom. The highest BCUT2D eigenvalue weighted by molar-refractivity contribution is 6.30. The second-order valence-corrected chi connectivity index (χ2v) is 5.24. The third kappa shape index (κ3) is 3.32. The molecule has 0 radical (unpaired) electrons. The van der Waals surface area contributed by atoms with Crippen molar-refractivity contribution in [3.8, 4) is 0 Å². The van der Waals surface area contributed by atoms with E-state index < -0.39 is 0 Å². The molecule has 0 bridgehead atoms. The van der Waals surface area contributed by atoms with E-state index in [1.54, 1.807) is 0 Å². The summed E-state index contributed by atoms with van der Waals surface area (Å²) in [5.74, 6) is 0. The molecule has 1 atom stereocenters. The summed E-state index contributed by atoms with van der Waals surface area (Å²) in [6, 6.07) is 8.07. The van der Waals surface area contributed by atoms with Crippen molar-refractivity contribution in [2.24, 2.45) is 11.1 Å². The summed E-state index contributed by atoms with van der Waals surface area (Å²) < 4.78 is 0. The lowest BCUT2D eigenvalue weighted by Gasteiger charge is -2.27. The lowest BCUT2D eigenvalue weighted by molar-refractivity contribution is 0.318. The maximum atomic E-state index is 6.09. The van der Waals surface area contributed by atoms with E-state index in [2.05, 4.69) is 20.8 Å². The number of rotatable bonds is 2. The smallest absolute Gasteiger partial charge is 0.0406 e. The van der Waals surface area contributed by atoms with Gasteiger partial charge in [0.15, 0.2) is 0 Å². The third-order valence-corrected chi connectivity index (χ3v) is 2.73. The first-order chi connectivity index (χ1) is 6.39. The molecule has 78 valence electrons. The number of hydrogen-bond acceptors (Lipinski definition) is 1. The quantitative estimate of drug-likeness (QED) is 0.799. The highest BCUT2D eigenvalue weighted by Crippen LogP contribution is 2.21. The van der Waals surface area contributed by atoms with Crippen LogP contribution in [0, 0.1) is 5.41 Å². The minimum atomic E-state index is 0.152. The van der Waals surface area contributed by atoms with Crippen molar-refractivity contribution in [3.63, 3.8) is 0 Å². The van der Waals surface area contributed by atoms with Crippen molar-refractivity contribution in [1.82, 2.24) is 0 Å². The van der Waals surface area contributed by atoms with E-state index in [1.807, 2.05) is 24.3 Å². The van der Waals surface area contributed by atoms with Gasteiger partial charge < -0.3 is 5.73 Å². The molecule has 2 heteroatoms. The molecule has 1 rings (SSSR count). The number of halogens is 1. The molecule has 0 amide bonds. The van der Waals surface area contributed by atoms with Crippen molar-refractivity contribution in [3.05, 3.63) is 34.9 Å². The van der Waals surface area contributed by atoms with E-state index in [4.69, 9.17) is 17.3 Å². The first-order valence-corrected chi connectivity index (χ1v) is 5.27. The van der Waals surface area contributed by atoms with Crippen LogP contribution in [0.3, 0.4) is 0 Å². The first kappa shape index (κ1) is 11.5. The molecule has 0 fully saturated rings. The molecule has 1 aromatic rings. The average Bonchev–Trinajstić information content (AvgIpc) is 2.07. The van der Waals surface area contributed by atoms with Crippen LogP contribution >= 0.6 is 11.6 Å². The van der Waals surface area contributed by atoms with Crippen molar-refractivity contribution in [2.45, 2.75) is 33.2 Å². The number of hydrogen-bond donors (Lipinski definition) is 1. The van der Waals surface area contributed by atoms with Crippen LogP contribution in [-0.4, -0.2) is 6.04 Å². The van der Waals surface area contributed by atoms with Gasteiger partial charge in [0.2, 0.25) is 0 Å². The number of benzene rings is 1. The Morgan fingerprint density at radius 2 is 1.71 bits per heavy atom. The molecular formula is C12H18ClN. The molecule has 1 nitrogen and oxygen atoms in total. The van der Waals surface area contributed by atoms with Gasteiger partial charge >= 0.3 is 0 Å². The van der Waals surface area contributed by atoms with Gasteiger partial charge in [0.1, 0.15) is 0 Å². The Morgan fingerprint density at radius 3 is 2.14 bits per heavy atom. The van der Waals surface area contributed by atoms with Gasteiger partial charge in [-0.15, -0.1) is 0 Å². The maximum absolute atomic E-state index is 6.09. The van der Waals surface area contributed by atoms with Gasteiger partial charge in [0.05, 0.1) is 0 Å². The normalized spacial score (nSPS) is 14.1. The Bertz CT molecular complexity index is 284. The fourth-order valence-electron chi connectivity index (χ4n) is 1.18. The van der Waals surface area contributed by atoms with Crippen LogP contribution in [-0.2, 0) is 6.42 Å². The van der Waals surface area contributed by atoms with Gasteiger partial charge in [-0.3, -0.25) is 0 Å². The van der Waals surface area contributed by atoms with Crippen LogP contribution in [0.4, 0.5) is 0 Å². The second kappa shape index (κ2) is 4.33. The average molecular weight is 212 g/mol. The Balaban J connectivity index is 2.65. The van der Waals surface area contributed by atoms with Crippen LogP contribution in [0.2, 0.25) is 5.02 Å². The molecular weight excluding hydrogens is 194 g/mol. The fourth-order valence-corrected chi connectivity index (χ4v) is 1.31. The van der Waals surface area contributed by atoms with E-state index in [1.165, 1.54) is 5.56 Å². The Labute approximate surface area is 91.3 Å². The minimum absolute atomic E-state index is 0.152. The summed E-state index contributed by atoms with van der Waals surface area (Å²) in [5.41, 5.74) is 7.49. The zero-order chi connectivity index (χ0) is 10.8. The Kier molecular flexibility index (Phi) is 3.57. The molecule has 0 saturated heterocycles. The lowest BCUT2D eigenvalue weighted by Crippen LogP contribution is -2.36. The van der Waals surface area contributed by atoms with E-state index in [0.717, 1.165) is 11.4 Å². The van der Waals surface area contributed by atoms with Crippen molar-refractivity contribution >= 4 is 11.6 Å². The molecule has 0 aliphatic carbocycles. The summed E-state index contributed by atoms with van der Waals surface area (Å²) in [5, 5.41) is 0.776. The highest BCUT2D eigenvalue weighted by atomic mass is 35.5. The monoisotopic (exact) mass is 211 g/mol. The van der Waals surface area contributed by atoms with Crippen LogP contribution < -0.4 is 5.73 Å². The summed E-state index contributed by atoms with van der Waals surface area (Å²) in [4.78, 5) is 0. The summed E-state index contributed by atoms with van der Waals surface area (Å²) >= 11 is 5.81. The van der Waals surface area contributed by atoms with E-state index in [0.29, 0.717) is 0 Å². The van der Waals surface area contributed by atoms with Crippen LogP contribution in [0.5, 0.6) is 0 Å². The molecule has 1 aromatic carbocycles. The van der Waals surface area contributed by atoms with Crippen molar-refractivity contribution in [1.29, 1.82) is 0 Å². The maximum Gasteiger partial charge on any atom is 0.0406 e. The van der Waals surface area contributed by atoms with Gasteiger partial charge in [-0.05, 0) is 29.5 Å². The van der Waals surface area contributed by atoms with Gasteiger partial charge in [-0.1, -0.05) is 44.5 Å². The van der Waals surface area contributed by atoms with Crippen LogP contribution in [0.1, 0.15) is 26.3 Å². The molecule has 0 aromatic heterocycles. The van der Waals surface area contributed by atoms with E-state index in [-0.39, 0.29) is 11.5 Å². The number of nitrogens with two attached hydrogens (primary N) is 1. The summed E-state index contributed by atoms with van der Waals surface area (Å²) in [7, 11) is 0. The summed E-state index contributed by atoms with van der Waals surface area (Å²) in [6.07, 6.45) is 0.903. The van der Waals surface area contributed by atoms with Gasteiger partial charge in [0, 0.05) is 11.1 Å². The molecule has 0 aliphatic heterocycles. The fraction of sp³-hybridized carbons (Fsp3) is 0.500. The van der Waals surface area contributed by atoms with Gasteiger partial charge in [-0.2, -0.15) is 0 Å². The minimum Gasteiger partial charge on any atom is -0.327 e. The lowest BCUT2D eigenvalue weighted by atomic mass is 9.84. The van der Waals surface area contributed by atoms with Crippen LogP contribution in [0.25, 0.3) is 0 Å². The van der Waals surface area contributed by atoms with Crippen LogP contribution in [0.15, 0.2) is 24.3 Å². The molecule has 14 heavy (non-hydrogen) atoms. The molecule has 1 unspecified atom stereocenters. The summed E-state index contributed by atoms with van der Waals surface area (Å²) in [6.45, 7) is 6.48. The topological polar surface area (TPSA) is 26.0 Å². The van der Waals surface area contributed by atoms with Crippen molar-refractivity contribution < 1.29 is 0 Å². The van der Waals surface area contributed by atoms with Gasteiger partial charge in [-0.25, -0.2) is 0 Å². The zero-order valence-electron chi connectivity index (χ0n) is 9.05. The molecule has 0 spiro atoms. The second-order valence-electron chi connectivity index (χ2n) is 4.80. The first-order valence-electron chi connectivity index (χ1n) is 4.89. The Hall–Kier alpha value is -0.530. The predicted octanol–water partition coefficient (Wildman–Crippen LogP) is 3.26. The molecule has 2 N–H and O–H groups in total. The highest BCUT2D eigenvalue weighted by Gasteiger charge is 2.20. The molecule has 0 aliphatic rings. The largest absolute Gasteiger partial charge is 0.327 e. The standard InChI is InChI=1S/C12H18ClN/c1-12(2,3)11(14)8-9-4-6-10(13)7-5-9/h4-7,11H,8,14H2,1-3H3. The van der Waals surface area contributed by atoms with Gasteiger partial charge in [0.25, 0.3) is 0 Å². The van der Waals surface area contributed by atoms with Crippen molar-refractivity contribution in [2.75, 3.05) is 0 Å².